The van der Waals surface area contributed by atoms with Crippen molar-refractivity contribution in [1.82, 2.24) is 24.9 Å². The van der Waals surface area contributed by atoms with E-state index < -0.39 is 23.1 Å². The second kappa shape index (κ2) is 11.1. The summed E-state index contributed by atoms with van der Waals surface area (Å²) in [6, 6.07) is 12.3. The van der Waals surface area contributed by atoms with Gasteiger partial charge in [-0.05, 0) is 80.9 Å². The Hall–Kier alpha value is -4.29. The average Bonchev–Trinajstić information content (AvgIpc) is 2.94. The number of nitrogens with zero attached hydrogens (tertiary/aromatic N) is 4. The fourth-order valence-electron chi connectivity index (χ4n) is 4.80. The first kappa shape index (κ1) is 27.3. The Bertz CT molecular complexity index is 1580. The van der Waals surface area contributed by atoms with Gasteiger partial charge < -0.3 is 14.8 Å². The summed E-state index contributed by atoms with van der Waals surface area (Å²) in [5.74, 6) is -0.138. The van der Waals surface area contributed by atoms with E-state index in [4.69, 9.17) is 0 Å². The molecule has 1 fully saturated rings. The highest BCUT2D eigenvalue weighted by Gasteiger charge is 2.30. The number of amides is 1. The van der Waals surface area contributed by atoms with Crippen LogP contribution >= 0.6 is 0 Å². The van der Waals surface area contributed by atoms with Crippen LogP contribution in [0.3, 0.4) is 0 Å². The van der Waals surface area contributed by atoms with Gasteiger partial charge in [-0.2, -0.15) is 18.2 Å². The van der Waals surface area contributed by atoms with Gasteiger partial charge in [0, 0.05) is 23.8 Å². The number of likely N-dealkylation sites (tertiary alicyclic amines) is 1. The summed E-state index contributed by atoms with van der Waals surface area (Å²) < 4.78 is 40.8. The van der Waals surface area contributed by atoms with Crippen LogP contribution in [-0.4, -0.2) is 52.6 Å². The number of pyridine rings is 1. The van der Waals surface area contributed by atoms with E-state index in [2.05, 4.69) is 49.7 Å². The first-order valence-electron chi connectivity index (χ1n) is 12.6. The number of hydrogen-bond donors (Lipinski definition) is 2. The number of carbonyl (C=O) groups is 1. The first-order chi connectivity index (χ1) is 19.1. The summed E-state index contributed by atoms with van der Waals surface area (Å²) in [6.07, 6.45) is 0.181. The van der Waals surface area contributed by atoms with Gasteiger partial charge in [0.25, 0.3) is 5.91 Å². The normalized spacial score (nSPS) is 14.8. The summed E-state index contributed by atoms with van der Waals surface area (Å²) >= 11 is 0. The van der Waals surface area contributed by atoms with Crippen LogP contribution in [0, 0.1) is 0 Å². The molecule has 0 aliphatic carbocycles. The molecule has 0 radical (unpaired) electrons. The SMILES string of the molecule is CONC(=O)c1cn(-c2ccc(C(F)(F)F)cc2)c2nc(Nc3ccc(C4CCN(C)CC4)cc3)ncc2c1=O. The molecule has 1 amide bonds. The van der Waals surface area contributed by atoms with Gasteiger partial charge in [-0.15, -0.1) is 0 Å². The quantitative estimate of drug-likeness (QED) is 0.336. The molecule has 9 nitrogen and oxygen atoms in total. The minimum atomic E-state index is -4.52. The molecule has 4 aromatic rings. The van der Waals surface area contributed by atoms with Gasteiger partial charge in [0.15, 0.2) is 5.65 Å². The average molecular weight is 553 g/mol. The van der Waals surface area contributed by atoms with Gasteiger partial charge >= 0.3 is 6.18 Å². The molecule has 5 rings (SSSR count). The van der Waals surface area contributed by atoms with Gasteiger partial charge in [0.1, 0.15) is 5.56 Å². The molecule has 0 bridgehead atoms. The predicted molar refractivity (Wildman–Crippen MR) is 144 cm³/mol. The van der Waals surface area contributed by atoms with E-state index in [1.165, 1.54) is 41.8 Å². The zero-order valence-electron chi connectivity index (χ0n) is 21.8. The van der Waals surface area contributed by atoms with Crippen molar-refractivity contribution in [1.29, 1.82) is 0 Å². The summed E-state index contributed by atoms with van der Waals surface area (Å²) in [5, 5.41) is 3.13. The highest BCUT2D eigenvalue weighted by molar-refractivity contribution is 5.96. The van der Waals surface area contributed by atoms with E-state index in [1.807, 2.05) is 12.1 Å². The van der Waals surface area contributed by atoms with Crippen molar-refractivity contribution in [2.45, 2.75) is 24.9 Å². The third-order valence-electron chi connectivity index (χ3n) is 7.01. The summed E-state index contributed by atoms with van der Waals surface area (Å²) in [6.45, 7) is 2.12. The largest absolute Gasteiger partial charge is 0.416 e. The zero-order valence-corrected chi connectivity index (χ0v) is 21.8. The molecule has 1 saturated heterocycles. The minimum Gasteiger partial charge on any atom is -0.324 e. The number of alkyl halides is 3. The predicted octanol–water partition coefficient (Wildman–Crippen LogP) is 4.64. The van der Waals surface area contributed by atoms with Crippen LogP contribution in [-0.2, 0) is 11.0 Å². The number of nitrogens with one attached hydrogen (secondary N) is 2. The van der Waals surface area contributed by atoms with Gasteiger partial charge in [0.05, 0.1) is 18.1 Å². The van der Waals surface area contributed by atoms with Gasteiger partial charge in [-0.25, -0.2) is 10.5 Å². The lowest BCUT2D eigenvalue weighted by Gasteiger charge is -2.29. The Labute approximate surface area is 227 Å². The first-order valence-corrected chi connectivity index (χ1v) is 12.6. The van der Waals surface area contributed by atoms with Crippen molar-refractivity contribution in [3.05, 3.63) is 87.8 Å². The maximum absolute atomic E-state index is 13.1. The van der Waals surface area contributed by atoms with Crippen molar-refractivity contribution >= 4 is 28.6 Å². The third kappa shape index (κ3) is 5.68. The fraction of sp³-hybridized carbons (Fsp3) is 0.286. The molecule has 2 N–H and O–H groups in total. The maximum atomic E-state index is 13.1. The lowest BCUT2D eigenvalue weighted by Crippen LogP contribution is -2.29. The van der Waals surface area contributed by atoms with Gasteiger partial charge in [0.2, 0.25) is 11.4 Å². The number of hydrogen-bond acceptors (Lipinski definition) is 7. The van der Waals surface area contributed by atoms with Crippen LogP contribution in [0.15, 0.2) is 65.7 Å². The van der Waals surface area contributed by atoms with Gasteiger partial charge in [-0.3, -0.25) is 14.4 Å². The van der Waals surface area contributed by atoms with Crippen LogP contribution in [0.4, 0.5) is 24.8 Å². The van der Waals surface area contributed by atoms with Crippen LogP contribution in [0.1, 0.15) is 40.2 Å². The Morgan fingerprint density at radius 3 is 2.35 bits per heavy atom. The highest BCUT2D eigenvalue weighted by atomic mass is 19.4. The monoisotopic (exact) mass is 552 g/mol. The van der Waals surface area contributed by atoms with Crippen LogP contribution in [0.25, 0.3) is 16.7 Å². The topological polar surface area (TPSA) is 101 Å². The number of halogens is 3. The van der Waals surface area contributed by atoms with E-state index >= 15 is 0 Å². The number of benzene rings is 2. The minimum absolute atomic E-state index is 0.00631. The standard InChI is InChI=1S/C28H27F3N6O3/c1-36-13-11-18(12-14-36)17-3-7-20(8-4-17)33-27-32-15-22-24(38)23(26(39)35-40-2)16-37(25(22)34-27)21-9-5-19(6-10-21)28(29,30)31/h3-10,15-16,18H,11-14H2,1-2H3,(H,35,39)(H,32,33,34). The fourth-order valence-corrected chi connectivity index (χ4v) is 4.80. The molecule has 0 unspecified atom stereocenters. The number of aromatic nitrogens is 3. The third-order valence-corrected chi connectivity index (χ3v) is 7.01. The number of carbonyl (C=O) groups excluding carboxylic acids is 1. The molecule has 2 aromatic heterocycles. The van der Waals surface area contributed by atoms with E-state index in [0.717, 1.165) is 43.8 Å². The Morgan fingerprint density at radius 2 is 1.73 bits per heavy atom. The van der Waals surface area contributed by atoms with E-state index in [0.29, 0.717) is 5.92 Å². The summed E-state index contributed by atoms with van der Waals surface area (Å²) in [4.78, 5) is 41.3. The molecule has 0 saturated carbocycles. The number of hydroxylamine groups is 1. The van der Waals surface area contributed by atoms with Gasteiger partial charge in [-0.1, -0.05) is 12.1 Å². The Kier molecular flexibility index (Phi) is 7.55. The van der Waals surface area contributed by atoms with Crippen LogP contribution < -0.4 is 16.2 Å². The molecule has 0 spiro atoms. The summed E-state index contributed by atoms with van der Waals surface area (Å²) in [5.41, 5.74) is 2.68. The van der Waals surface area contributed by atoms with Crippen molar-refractivity contribution in [3.8, 4) is 5.69 Å². The molecule has 1 aliphatic heterocycles. The van der Waals surface area contributed by atoms with Crippen molar-refractivity contribution in [3.63, 3.8) is 0 Å². The van der Waals surface area contributed by atoms with E-state index in [9.17, 15) is 22.8 Å². The molecule has 3 heterocycles. The smallest absolute Gasteiger partial charge is 0.324 e. The molecule has 208 valence electrons. The Balaban J connectivity index is 1.51. The lowest BCUT2D eigenvalue weighted by molar-refractivity contribution is -0.137. The highest BCUT2D eigenvalue weighted by Crippen LogP contribution is 2.31. The molecular weight excluding hydrogens is 525 g/mol. The number of rotatable bonds is 6. The molecule has 40 heavy (non-hydrogen) atoms. The van der Waals surface area contributed by atoms with Crippen LogP contribution in [0.2, 0.25) is 0 Å². The molecule has 12 heteroatoms. The molecule has 0 atom stereocenters. The second-order valence-corrected chi connectivity index (χ2v) is 9.68. The number of piperidine rings is 1. The number of fused-ring (bicyclic) bond motifs is 1. The lowest BCUT2D eigenvalue weighted by atomic mass is 9.89. The Morgan fingerprint density at radius 1 is 1.05 bits per heavy atom. The van der Waals surface area contributed by atoms with Crippen LogP contribution in [0.5, 0.6) is 0 Å². The molecule has 2 aromatic carbocycles. The number of anilines is 2. The van der Waals surface area contributed by atoms with E-state index in [-0.39, 0.29) is 28.2 Å². The zero-order chi connectivity index (χ0) is 28.4. The van der Waals surface area contributed by atoms with Crippen molar-refractivity contribution < 1.29 is 22.8 Å². The van der Waals surface area contributed by atoms with E-state index in [1.54, 1.807) is 0 Å². The summed E-state index contributed by atoms with van der Waals surface area (Å²) in [7, 11) is 3.34. The van der Waals surface area contributed by atoms with Crippen molar-refractivity contribution in [2.24, 2.45) is 0 Å². The molecular formula is C28H27F3N6O3. The van der Waals surface area contributed by atoms with Crippen molar-refractivity contribution in [2.75, 3.05) is 32.6 Å². The molecule has 1 aliphatic rings. The second-order valence-electron chi connectivity index (χ2n) is 9.68. The maximum Gasteiger partial charge on any atom is 0.416 e.